The summed E-state index contributed by atoms with van der Waals surface area (Å²) in [5, 5.41) is 1.18. The first kappa shape index (κ1) is 24.2. The fourth-order valence-electron chi connectivity index (χ4n) is 5.45. The highest BCUT2D eigenvalue weighted by atomic mass is 32.1. The summed E-state index contributed by atoms with van der Waals surface area (Å²) in [6.45, 7) is 6.85. The van der Waals surface area contributed by atoms with Gasteiger partial charge in [-0.25, -0.2) is 9.97 Å². The second-order valence-corrected chi connectivity index (χ2v) is 11.2. The van der Waals surface area contributed by atoms with Crippen LogP contribution < -0.4 is 15.8 Å². The average molecular weight is 493 g/mol. The predicted molar refractivity (Wildman–Crippen MR) is 143 cm³/mol. The summed E-state index contributed by atoms with van der Waals surface area (Å²) in [5.41, 5.74) is 9.47. The van der Waals surface area contributed by atoms with Crippen LogP contribution in [0.2, 0.25) is 0 Å². The summed E-state index contributed by atoms with van der Waals surface area (Å²) < 4.78 is 0. The predicted octanol–water partition coefficient (Wildman–Crippen LogP) is 4.37. The second kappa shape index (κ2) is 10.6. The van der Waals surface area contributed by atoms with Crippen molar-refractivity contribution < 1.29 is 4.79 Å². The minimum atomic E-state index is 0.104. The molecule has 2 aromatic heterocycles. The molecule has 35 heavy (non-hydrogen) atoms. The molecule has 0 saturated carbocycles. The van der Waals surface area contributed by atoms with Crippen molar-refractivity contribution in [1.29, 1.82) is 0 Å². The average Bonchev–Trinajstić information content (AvgIpc) is 3.48. The van der Waals surface area contributed by atoms with Crippen LogP contribution in [-0.2, 0) is 4.79 Å². The highest BCUT2D eigenvalue weighted by Crippen LogP contribution is 2.35. The monoisotopic (exact) mass is 492 g/mol. The largest absolute Gasteiger partial charge is 0.356 e. The Balaban J connectivity index is 1.08. The number of carbonyl (C=O) groups excluding carboxylic acids is 1. The fourth-order valence-corrected chi connectivity index (χ4v) is 6.45. The lowest BCUT2D eigenvalue weighted by Crippen LogP contribution is -2.42. The summed E-state index contributed by atoms with van der Waals surface area (Å²) in [6.07, 6.45) is 6.59. The van der Waals surface area contributed by atoms with Crippen molar-refractivity contribution in [2.75, 3.05) is 31.6 Å². The van der Waals surface area contributed by atoms with Crippen LogP contribution in [0, 0.1) is 19.8 Å². The van der Waals surface area contributed by atoms with E-state index in [4.69, 9.17) is 0 Å². The maximum atomic E-state index is 13.1. The van der Waals surface area contributed by atoms with Gasteiger partial charge in [0.1, 0.15) is 17.0 Å². The van der Waals surface area contributed by atoms with Gasteiger partial charge in [0.2, 0.25) is 5.91 Å². The number of aromatic nitrogens is 2. The van der Waals surface area contributed by atoms with Gasteiger partial charge >= 0.3 is 0 Å². The Hall–Kier alpha value is -2.55. The molecule has 2 atom stereocenters. The summed E-state index contributed by atoms with van der Waals surface area (Å²) in [5.74, 6) is 1.43. The minimum absolute atomic E-state index is 0.104. The zero-order valence-corrected chi connectivity index (χ0v) is 21.8. The number of nitrogens with zero attached hydrogens (tertiary/aromatic N) is 4. The second-order valence-electron chi connectivity index (χ2n) is 10.0. The molecule has 2 N–H and O–H groups in total. The van der Waals surface area contributed by atoms with Gasteiger partial charge in [-0.3, -0.25) is 15.6 Å². The number of hydrogen-bond acceptors (Lipinski definition) is 7. The zero-order chi connectivity index (χ0) is 24.4. The summed E-state index contributed by atoms with van der Waals surface area (Å²) in [7, 11) is 1.97. The number of amides is 1. The maximum absolute atomic E-state index is 13.1. The molecule has 2 unspecified atom stereocenters. The molecule has 2 saturated heterocycles. The highest BCUT2D eigenvalue weighted by Gasteiger charge is 2.29. The van der Waals surface area contributed by atoms with Crippen molar-refractivity contribution in [1.82, 2.24) is 25.7 Å². The molecule has 4 heterocycles. The molecule has 186 valence electrons. The molecule has 0 bridgehead atoms. The summed E-state index contributed by atoms with van der Waals surface area (Å²) >= 11 is 1.73. The molecule has 1 aromatic carbocycles. The van der Waals surface area contributed by atoms with E-state index in [1.807, 2.05) is 11.9 Å². The van der Waals surface area contributed by atoms with Crippen LogP contribution >= 0.6 is 11.3 Å². The molecule has 0 aliphatic carbocycles. The number of carbonyl (C=O) groups is 1. The number of hydrogen-bond donors (Lipinski definition) is 2. The number of aryl methyl sites for hydroxylation is 2. The molecular weight excluding hydrogens is 456 g/mol. The van der Waals surface area contributed by atoms with Gasteiger partial charge in [-0.2, -0.15) is 0 Å². The first-order valence-electron chi connectivity index (χ1n) is 12.8. The Kier molecular flexibility index (Phi) is 7.32. The molecule has 5 rings (SSSR count). The zero-order valence-electron chi connectivity index (χ0n) is 21.0. The number of nitrogens with one attached hydrogen (secondary N) is 2. The lowest BCUT2D eigenvalue weighted by molar-refractivity contribution is -0.134. The van der Waals surface area contributed by atoms with Crippen molar-refractivity contribution in [3.05, 3.63) is 52.7 Å². The number of anilines is 1. The first-order valence-corrected chi connectivity index (χ1v) is 13.6. The van der Waals surface area contributed by atoms with Gasteiger partial charge in [0.05, 0.1) is 5.39 Å². The molecule has 8 heteroatoms. The van der Waals surface area contributed by atoms with E-state index in [9.17, 15) is 4.79 Å². The van der Waals surface area contributed by atoms with E-state index in [0.29, 0.717) is 18.0 Å². The van der Waals surface area contributed by atoms with Crippen molar-refractivity contribution in [2.45, 2.75) is 58.0 Å². The van der Waals surface area contributed by atoms with Gasteiger partial charge in [-0.15, -0.1) is 11.3 Å². The third-order valence-electron chi connectivity index (χ3n) is 7.70. The van der Waals surface area contributed by atoms with Crippen LogP contribution in [0.25, 0.3) is 10.2 Å². The third kappa shape index (κ3) is 5.20. The summed E-state index contributed by atoms with van der Waals surface area (Å²) in [6, 6.07) is 11.4. The number of piperidine rings is 1. The topological polar surface area (TPSA) is 73.4 Å². The Morgan fingerprint density at radius 2 is 1.91 bits per heavy atom. The molecule has 2 fully saturated rings. The SMILES string of the molecule is Cc1sc2ncnc(N3CCC(C(=O)N(C)CCCC4CC(c5ccccc5)NN4)CC3)c2c1C. The van der Waals surface area contributed by atoms with Crippen molar-refractivity contribution in [3.8, 4) is 0 Å². The molecule has 0 spiro atoms. The minimum Gasteiger partial charge on any atom is -0.356 e. The number of rotatable bonds is 7. The molecule has 0 radical (unpaired) electrons. The lowest BCUT2D eigenvalue weighted by Gasteiger charge is -2.34. The maximum Gasteiger partial charge on any atom is 0.225 e. The van der Waals surface area contributed by atoms with Gasteiger partial charge in [0.25, 0.3) is 0 Å². The van der Waals surface area contributed by atoms with E-state index in [1.54, 1.807) is 17.7 Å². The number of hydrazine groups is 1. The van der Waals surface area contributed by atoms with Gasteiger partial charge in [-0.1, -0.05) is 30.3 Å². The molecule has 7 nitrogen and oxygen atoms in total. The van der Waals surface area contributed by atoms with Gasteiger partial charge in [0, 0.05) is 49.6 Å². The number of fused-ring (bicyclic) bond motifs is 1. The molecule has 3 aromatic rings. The number of benzene rings is 1. The highest BCUT2D eigenvalue weighted by molar-refractivity contribution is 7.18. The van der Waals surface area contributed by atoms with Crippen LogP contribution in [0.5, 0.6) is 0 Å². The van der Waals surface area contributed by atoms with Crippen LogP contribution in [0.1, 0.15) is 54.1 Å². The molecular formula is C27H36N6OS. The molecule has 2 aliphatic heterocycles. The smallest absolute Gasteiger partial charge is 0.225 e. The molecule has 2 aliphatic rings. The van der Waals surface area contributed by atoms with E-state index in [0.717, 1.165) is 62.4 Å². The van der Waals surface area contributed by atoms with Crippen LogP contribution in [0.3, 0.4) is 0 Å². The third-order valence-corrected chi connectivity index (χ3v) is 8.81. The van der Waals surface area contributed by atoms with E-state index in [1.165, 1.54) is 21.4 Å². The van der Waals surface area contributed by atoms with Crippen LogP contribution in [-0.4, -0.2) is 53.5 Å². The lowest BCUT2D eigenvalue weighted by atomic mass is 9.95. The molecule has 1 amide bonds. The van der Waals surface area contributed by atoms with Crippen molar-refractivity contribution >= 4 is 33.3 Å². The van der Waals surface area contributed by atoms with Gasteiger partial charge in [-0.05, 0) is 57.1 Å². The Morgan fingerprint density at radius 3 is 2.69 bits per heavy atom. The Morgan fingerprint density at radius 1 is 1.14 bits per heavy atom. The normalized spacial score (nSPS) is 21.1. The fraction of sp³-hybridized carbons (Fsp3) is 0.519. The Labute approximate surface area is 211 Å². The van der Waals surface area contributed by atoms with E-state index in [2.05, 4.69) is 69.9 Å². The van der Waals surface area contributed by atoms with Crippen LogP contribution in [0.4, 0.5) is 5.82 Å². The van der Waals surface area contributed by atoms with E-state index in [-0.39, 0.29) is 5.92 Å². The van der Waals surface area contributed by atoms with Crippen molar-refractivity contribution in [3.63, 3.8) is 0 Å². The quantitative estimate of drug-likeness (QED) is 0.510. The van der Waals surface area contributed by atoms with E-state index >= 15 is 0 Å². The van der Waals surface area contributed by atoms with Gasteiger partial charge in [0.15, 0.2) is 0 Å². The van der Waals surface area contributed by atoms with Gasteiger partial charge < -0.3 is 9.80 Å². The first-order chi connectivity index (χ1) is 17.0. The van der Waals surface area contributed by atoms with Crippen molar-refractivity contribution in [2.24, 2.45) is 5.92 Å². The number of thiophene rings is 1. The van der Waals surface area contributed by atoms with E-state index < -0.39 is 0 Å². The van der Waals surface area contributed by atoms with Crippen LogP contribution in [0.15, 0.2) is 36.7 Å². The summed E-state index contributed by atoms with van der Waals surface area (Å²) in [4.78, 5) is 28.9. The Bertz CT molecular complexity index is 1160. The standard InChI is InChI=1S/C27H36N6OS/c1-18-19(2)35-26-24(18)25(28-17-29-26)33-14-11-21(12-15-33)27(34)32(3)13-7-10-22-16-23(31-30-22)20-8-5-4-6-9-20/h4-6,8-9,17,21-23,30-31H,7,10-16H2,1-3H3.